The molecule has 1 nitrogen and oxygen atoms in total. The van der Waals surface area contributed by atoms with E-state index >= 15 is 0 Å². The normalized spacial score (nSPS) is 26.4. The second-order valence-corrected chi connectivity index (χ2v) is 6.59. The molecule has 0 aromatic heterocycles. The van der Waals surface area contributed by atoms with Crippen LogP contribution in [0.2, 0.25) is 0 Å². The minimum Gasteiger partial charge on any atom is -0.299 e. The summed E-state index contributed by atoms with van der Waals surface area (Å²) in [7, 11) is 0. The third-order valence-electron chi connectivity index (χ3n) is 4.80. The van der Waals surface area contributed by atoms with Gasteiger partial charge in [-0.25, -0.2) is 0 Å². The third-order valence-corrected chi connectivity index (χ3v) is 4.80. The van der Waals surface area contributed by atoms with Crippen LogP contribution >= 0.6 is 0 Å². The molecule has 0 radical (unpaired) electrons. The van der Waals surface area contributed by atoms with Crippen molar-refractivity contribution in [3.63, 3.8) is 0 Å². The first-order chi connectivity index (χ1) is 9.06. The maximum absolute atomic E-state index is 12.5. The van der Waals surface area contributed by atoms with Gasteiger partial charge in [0.15, 0.2) is 0 Å². The Hall–Kier alpha value is -1.11. The quantitative estimate of drug-likeness (QED) is 0.745. The Balaban J connectivity index is 2.31. The van der Waals surface area contributed by atoms with Gasteiger partial charge in [-0.2, -0.15) is 0 Å². The molecule has 0 spiro atoms. The van der Waals surface area contributed by atoms with Crippen LogP contribution in [0.4, 0.5) is 0 Å². The maximum atomic E-state index is 12.5. The highest BCUT2D eigenvalue weighted by atomic mass is 16.1. The Kier molecular flexibility index (Phi) is 4.44. The fourth-order valence-corrected chi connectivity index (χ4v) is 3.52. The summed E-state index contributed by atoms with van der Waals surface area (Å²) in [5, 5.41) is 0. The fourth-order valence-electron chi connectivity index (χ4n) is 3.52. The van der Waals surface area contributed by atoms with Crippen molar-refractivity contribution in [3.05, 3.63) is 35.9 Å². The summed E-state index contributed by atoms with van der Waals surface area (Å²) in [5.41, 5.74) is 1.50. The molecule has 1 aromatic carbocycles. The smallest absolute Gasteiger partial charge is 0.140 e. The Morgan fingerprint density at radius 3 is 2.53 bits per heavy atom. The van der Waals surface area contributed by atoms with E-state index < -0.39 is 0 Å². The summed E-state index contributed by atoms with van der Waals surface area (Å²) in [6.07, 6.45) is 5.40. The summed E-state index contributed by atoms with van der Waals surface area (Å²) in [6.45, 7) is 6.92. The van der Waals surface area contributed by atoms with Crippen LogP contribution in [0.3, 0.4) is 0 Å². The highest BCUT2D eigenvalue weighted by Gasteiger charge is 2.43. The van der Waals surface area contributed by atoms with E-state index in [2.05, 4.69) is 45.0 Å². The standard InChI is InChI=1S/C18H26O/c1-4-5-11-15-17(14-9-7-6-8-10-14)16(19)12-13-18(15,2)3/h6-10,15,17H,4-5,11-13H2,1-3H3/t15-,17-/m0/s1. The predicted molar refractivity (Wildman–Crippen MR) is 80.2 cm³/mol. The summed E-state index contributed by atoms with van der Waals surface area (Å²) in [4.78, 5) is 12.5. The van der Waals surface area contributed by atoms with Crippen molar-refractivity contribution in [2.75, 3.05) is 0 Å². The molecule has 1 aromatic rings. The molecule has 0 N–H and O–H groups in total. The number of hydrogen-bond acceptors (Lipinski definition) is 1. The van der Waals surface area contributed by atoms with Crippen LogP contribution in [-0.4, -0.2) is 5.78 Å². The molecule has 1 heteroatoms. The van der Waals surface area contributed by atoms with Gasteiger partial charge in [-0.3, -0.25) is 4.79 Å². The number of hydrogen-bond donors (Lipinski definition) is 0. The topological polar surface area (TPSA) is 17.1 Å². The third kappa shape index (κ3) is 3.08. The average molecular weight is 258 g/mol. The van der Waals surface area contributed by atoms with Crippen molar-refractivity contribution in [3.8, 4) is 0 Å². The average Bonchev–Trinajstić information content (AvgIpc) is 2.41. The number of carbonyl (C=O) groups is 1. The first-order valence-corrected chi connectivity index (χ1v) is 7.64. The van der Waals surface area contributed by atoms with Gasteiger partial charge in [0.05, 0.1) is 0 Å². The lowest BCUT2D eigenvalue weighted by molar-refractivity contribution is -0.127. The van der Waals surface area contributed by atoms with E-state index in [0.717, 1.165) is 12.8 Å². The van der Waals surface area contributed by atoms with Crippen LogP contribution in [0.15, 0.2) is 30.3 Å². The number of Topliss-reactive ketones (excluding diaryl/α,β-unsaturated/α-hetero) is 1. The van der Waals surface area contributed by atoms with Gasteiger partial charge in [-0.05, 0) is 29.7 Å². The lowest BCUT2D eigenvalue weighted by Gasteiger charge is -2.43. The molecule has 0 heterocycles. The number of benzene rings is 1. The van der Waals surface area contributed by atoms with Crippen LogP contribution in [0.5, 0.6) is 0 Å². The summed E-state index contributed by atoms with van der Waals surface area (Å²) < 4.78 is 0. The van der Waals surface area contributed by atoms with E-state index in [9.17, 15) is 4.79 Å². The molecule has 1 aliphatic carbocycles. The van der Waals surface area contributed by atoms with E-state index in [1.54, 1.807) is 0 Å². The Labute approximate surface area is 117 Å². The van der Waals surface area contributed by atoms with Crippen molar-refractivity contribution in [2.45, 2.75) is 58.8 Å². The number of unbranched alkanes of at least 4 members (excludes halogenated alkanes) is 1. The van der Waals surface area contributed by atoms with Gasteiger partial charge in [-0.1, -0.05) is 63.9 Å². The van der Waals surface area contributed by atoms with Crippen LogP contribution in [0, 0.1) is 11.3 Å². The summed E-state index contributed by atoms with van der Waals surface area (Å²) in [5.74, 6) is 1.07. The molecule has 2 atom stereocenters. The first-order valence-electron chi connectivity index (χ1n) is 7.64. The molecule has 2 rings (SSSR count). The number of ketones is 1. The highest BCUT2D eigenvalue weighted by Crippen LogP contribution is 2.48. The van der Waals surface area contributed by atoms with Crippen LogP contribution in [0.1, 0.15) is 64.4 Å². The first kappa shape index (κ1) is 14.3. The van der Waals surface area contributed by atoms with E-state index in [4.69, 9.17) is 0 Å². The number of carbonyl (C=O) groups excluding carboxylic acids is 1. The zero-order valence-electron chi connectivity index (χ0n) is 12.5. The van der Waals surface area contributed by atoms with Gasteiger partial charge in [-0.15, -0.1) is 0 Å². The maximum Gasteiger partial charge on any atom is 0.140 e. The molecule has 0 unspecified atom stereocenters. The van der Waals surface area contributed by atoms with Crippen LogP contribution in [-0.2, 0) is 4.79 Å². The van der Waals surface area contributed by atoms with Gasteiger partial charge in [0.1, 0.15) is 5.78 Å². The lowest BCUT2D eigenvalue weighted by Crippen LogP contribution is -2.38. The van der Waals surface area contributed by atoms with Gasteiger partial charge in [0, 0.05) is 12.3 Å². The molecular weight excluding hydrogens is 232 g/mol. The van der Waals surface area contributed by atoms with E-state index in [-0.39, 0.29) is 11.3 Å². The Bertz CT molecular complexity index is 419. The SMILES string of the molecule is CCCC[C@H]1[C@H](c2ccccc2)C(=O)CCC1(C)C. The van der Waals surface area contributed by atoms with Gasteiger partial charge < -0.3 is 0 Å². The second kappa shape index (κ2) is 5.90. The fraction of sp³-hybridized carbons (Fsp3) is 0.611. The molecule has 0 bridgehead atoms. The van der Waals surface area contributed by atoms with Crippen molar-refractivity contribution >= 4 is 5.78 Å². The zero-order valence-corrected chi connectivity index (χ0v) is 12.5. The monoisotopic (exact) mass is 258 g/mol. The predicted octanol–water partition coefficient (Wildman–Crippen LogP) is 4.97. The molecule has 104 valence electrons. The summed E-state index contributed by atoms with van der Waals surface area (Å²) in [6, 6.07) is 10.4. The van der Waals surface area contributed by atoms with Crippen molar-refractivity contribution in [2.24, 2.45) is 11.3 Å². The molecule has 0 amide bonds. The van der Waals surface area contributed by atoms with Crippen LogP contribution < -0.4 is 0 Å². The van der Waals surface area contributed by atoms with Gasteiger partial charge in [0.25, 0.3) is 0 Å². The Morgan fingerprint density at radius 2 is 1.89 bits per heavy atom. The van der Waals surface area contributed by atoms with Crippen molar-refractivity contribution in [1.82, 2.24) is 0 Å². The largest absolute Gasteiger partial charge is 0.299 e. The molecule has 0 aliphatic heterocycles. The van der Waals surface area contributed by atoms with Gasteiger partial charge >= 0.3 is 0 Å². The minimum absolute atomic E-state index is 0.122. The zero-order chi connectivity index (χ0) is 13.9. The molecular formula is C18H26O. The summed E-state index contributed by atoms with van der Waals surface area (Å²) >= 11 is 0. The van der Waals surface area contributed by atoms with Crippen LogP contribution in [0.25, 0.3) is 0 Å². The van der Waals surface area contributed by atoms with E-state index in [1.165, 1.54) is 24.8 Å². The van der Waals surface area contributed by atoms with E-state index in [0.29, 0.717) is 11.7 Å². The minimum atomic E-state index is 0.122. The molecule has 1 aliphatic rings. The van der Waals surface area contributed by atoms with Crippen molar-refractivity contribution in [1.29, 1.82) is 0 Å². The molecule has 19 heavy (non-hydrogen) atoms. The Morgan fingerprint density at radius 1 is 1.21 bits per heavy atom. The van der Waals surface area contributed by atoms with E-state index in [1.807, 2.05) is 6.07 Å². The lowest BCUT2D eigenvalue weighted by atomic mass is 9.60. The molecule has 1 fully saturated rings. The highest BCUT2D eigenvalue weighted by molar-refractivity contribution is 5.87. The molecule has 0 saturated heterocycles. The van der Waals surface area contributed by atoms with Crippen molar-refractivity contribution < 1.29 is 4.79 Å². The van der Waals surface area contributed by atoms with Gasteiger partial charge in [0.2, 0.25) is 0 Å². The number of rotatable bonds is 4. The second-order valence-electron chi connectivity index (χ2n) is 6.59. The molecule has 1 saturated carbocycles.